The summed E-state index contributed by atoms with van der Waals surface area (Å²) in [7, 11) is 0. The highest BCUT2D eigenvalue weighted by molar-refractivity contribution is 8.00. The second-order valence-electron chi connectivity index (χ2n) is 5.18. The van der Waals surface area contributed by atoms with Crippen molar-refractivity contribution in [1.82, 2.24) is 9.47 Å². The average Bonchev–Trinajstić information content (AvgIpc) is 3.13. The largest absolute Gasteiger partial charge is 0.326 e. The second-order valence-corrected chi connectivity index (χ2v) is 6.25. The number of hydrogen-bond acceptors (Lipinski definition) is 2. The van der Waals surface area contributed by atoms with Crippen molar-refractivity contribution in [3.05, 3.63) is 53.9 Å². The van der Waals surface area contributed by atoms with Crippen LogP contribution >= 0.6 is 11.8 Å². The number of para-hydroxylation sites is 1. The molecule has 3 nitrogen and oxygen atoms in total. The zero-order valence-electron chi connectivity index (χ0n) is 12.5. The molecule has 0 radical (unpaired) electrons. The first kappa shape index (κ1) is 14.3. The maximum Gasteiger partial charge on any atom is 0.233 e. The number of amides is 1. The first-order valence-corrected chi connectivity index (χ1v) is 8.46. The molecule has 2 aromatic rings. The van der Waals surface area contributed by atoms with Gasteiger partial charge < -0.3 is 9.47 Å². The van der Waals surface area contributed by atoms with Crippen LogP contribution in [-0.4, -0.2) is 27.7 Å². The Morgan fingerprint density at radius 3 is 2.81 bits per heavy atom. The van der Waals surface area contributed by atoms with E-state index in [9.17, 15) is 4.79 Å². The van der Waals surface area contributed by atoms with Crippen LogP contribution in [0.4, 0.5) is 0 Å². The molecule has 1 fully saturated rings. The van der Waals surface area contributed by atoms with Crippen molar-refractivity contribution < 1.29 is 4.79 Å². The summed E-state index contributed by atoms with van der Waals surface area (Å²) in [6.45, 7) is 4.99. The third-order valence-electron chi connectivity index (χ3n) is 3.96. The molecule has 0 saturated carbocycles. The topological polar surface area (TPSA) is 25.2 Å². The van der Waals surface area contributed by atoms with Crippen molar-refractivity contribution in [2.45, 2.75) is 25.6 Å². The summed E-state index contributed by atoms with van der Waals surface area (Å²) in [5, 5.41) is 0.164. The molecule has 110 valence electrons. The van der Waals surface area contributed by atoms with E-state index in [0.29, 0.717) is 5.75 Å². The van der Waals surface area contributed by atoms with Gasteiger partial charge in [0, 0.05) is 30.2 Å². The smallest absolute Gasteiger partial charge is 0.233 e. The maximum absolute atomic E-state index is 11.9. The summed E-state index contributed by atoms with van der Waals surface area (Å²) in [6.07, 6.45) is 5.27. The summed E-state index contributed by atoms with van der Waals surface area (Å²) < 4.78 is 2.17. The van der Waals surface area contributed by atoms with Crippen molar-refractivity contribution in [2.24, 2.45) is 0 Å². The zero-order chi connectivity index (χ0) is 14.8. The molecule has 21 heavy (non-hydrogen) atoms. The van der Waals surface area contributed by atoms with Gasteiger partial charge in [0.2, 0.25) is 5.91 Å². The van der Waals surface area contributed by atoms with Crippen molar-refractivity contribution in [3.8, 4) is 5.69 Å². The Bertz CT molecular complexity index is 650. The van der Waals surface area contributed by atoms with Crippen molar-refractivity contribution in [1.29, 1.82) is 0 Å². The highest BCUT2D eigenvalue weighted by atomic mass is 32.2. The van der Waals surface area contributed by atoms with E-state index in [1.165, 1.54) is 16.8 Å². The SMILES string of the molecule is CCc1ccccc1-n1ccc([C@H]2SCC(=O)N2CC)c1. The van der Waals surface area contributed by atoms with E-state index in [1.807, 2.05) is 11.8 Å². The fourth-order valence-corrected chi connectivity index (χ4v) is 4.09. The lowest BCUT2D eigenvalue weighted by molar-refractivity contribution is -0.127. The molecule has 3 rings (SSSR count). The van der Waals surface area contributed by atoms with Gasteiger partial charge in [-0.2, -0.15) is 0 Å². The maximum atomic E-state index is 11.9. The molecule has 0 spiro atoms. The Morgan fingerprint density at radius 1 is 1.24 bits per heavy atom. The lowest BCUT2D eigenvalue weighted by Gasteiger charge is -2.21. The summed E-state index contributed by atoms with van der Waals surface area (Å²) >= 11 is 1.72. The second kappa shape index (κ2) is 5.98. The zero-order valence-corrected chi connectivity index (χ0v) is 13.3. The monoisotopic (exact) mass is 300 g/mol. The minimum Gasteiger partial charge on any atom is -0.326 e. The Hall–Kier alpha value is -1.68. The molecule has 4 heteroatoms. The molecule has 1 aliphatic rings. The van der Waals surface area contributed by atoms with E-state index in [-0.39, 0.29) is 11.3 Å². The average molecular weight is 300 g/mol. The van der Waals surface area contributed by atoms with E-state index in [2.05, 4.69) is 54.2 Å². The van der Waals surface area contributed by atoms with Gasteiger partial charge in [-0.3, -0.25) is 4.79 Å². The Labute approximate surface area is 130 Å². The standard InChI is InChI=1S/C17H20N2OS/c1-3-13-7-5-6-8-15(13)18-10-9-14(11-18)17-19(4-2)16(20)12-21-17/h5-11,17H,3-4,12H2,1-2H3/t17-/m1/s1. The highest BCUT2D eigenvalue weighted by Gasteiger charge is 2.31. The molecule has 1 aliphatic heterocycles. The third kappa shape index (κ3) is 2.60. The number of rotatable bonds is 4. The fraction of sp³-hybridized carbons (Fsp3) is 0.353. The molecule has 2 heterocycles. The van der Waals surface area contributed by atoms with Gasteiger partial charge in [-0.15, -0.1) is 11.8 Å². The minimum absolute atomic E-state index is 0.164. The number of carbonyl (C=O) groups is 1. The van der Waals surface area contributed by atoms with Crippen LogP contribution in [0.5, 0.6) is 0 Å². The van der Waals surface area contributed by atoms with Crippen LogP contribution in [0.1, 0.15) is 30.3 Å². The van der Waals surface area contributed by atoms with E-state index in [4.69, 9.17) is 0 Å². The Kier molecular flexibility index (Phi) is 4.06. The van der Waals surface area contributed by atoms with Gasteiger partial charge in [0.05, 0.1) is 5.75 Å². The number of thioether (sulfide) groups is 1. The molecule has 1 aromatic carbocycles. The number of nitrogens with zero attached hydrogens (tertiary/aromatic N) is 2. The van der Waals surface area contributed by atoms with Gasteiger partial charge in [0.15, 0.2) is 0 Å². The molecular weight excluding hydrogens is 280 g/mol. The Balaban J connectivity index is 1.92. The van der Waals surface area contributed by atoms with Crippen LogP contribution in [0.15, 0.2) is 42.7 Å². The van der Waals surface area contributed by atoms with E-state index in [1.54, 1.807) is 11.8 Å². The number of aromatic nitrogens is 1. The van der Waals surface area contributed by atoms with Gasteiger partial charge in [-0.1, -0.05) is 25.1 Å². The quantitative estimate of drug-likeness (QED) is 0.861. The first-order valence-electron chi connectivity index (χ1n) is 7.41. The summed E-state index contributed by atoms with van der Waals surface area (Å²) in [4.78, 5) is 13.8. The lowest BCUT2D eigenvalue weighted by atomic mass is 10.1. The van der Waals surface area contributed by atoms with E-state index in [0.717, 1.165) is 13.0 Å². The number of benzene rings is 1. The van der Waals surface area contributed by atoms with E-state index >= 15 is 0 Å². The molecule has 1 atom stereocenters. The van der Waals surface area contributed by atoms with Crippen LogP contribution in [0.25, 0.3) is 5.69 Å². The minimum atomic E-state index is 0.164. The van der Waals surface area contributed by atoms with Gasteiger partial charge in [0.1, 0.15) is 5.37 Å². The summed E-state index contributed by atoms with van der Waals surface area (Å²) in [5.41, 5.74) is 3.77. The van der Waals surface area contributed by atoms with Gasteiger partial charge in [-0.05, 0) is 31.0 Å². The van der Waals surface area contributed by atoms with Crippen molar-refractivity contribution in [2.75, 3.05) is 12.3 Å². The molecule has 0 unspecified atom stereocenters. The molecule has 1 saturated heterocycles. The highest BCUT2D eigenvalue weighted by Crippen LogP contribution is 2.38. The molecule has 1 aromatic heterocycles. The summed E-state index contributed by atoms with van der Waals surface area (Å²) in [5.74, 6) is 0.837. The Morgan fingerprint density at radius 2 is 2.05 bits per heavy atom. The predicted molar refractivity (Wildman–Crippen MR) is 87.7 cm³/mol. The number of hydrogen-bond donors (Lipinski definition) is 0. The van der Waals surface area contributed by atoms with E-state index < -0.39 is 0 Å². The molecule has 1 amide bonds. The van der Waals surface area contributed by atoms with Crippen LogP contribution in [0.2, 0.25) is 0 Å². The predicted octanol–water partition coefficient (Wildman–Crippen LogP) is 3.63. The van der Waals surface area contributed by atoms with Gasteiger partial charge in [-0.25, -0.2) is 0 Å². The van der Waals surface area contributed by atoms with Crippen LogP contribution in [-0.2, 0) is 11.2 Å². The fourth-order valence-electron chi connectivity index (χ4n) is 2.84. The molecule has 0 aliphatic carbocycles. The van der Waals surface area contributed by atoms with Crippen LogP contribution in [0, 0.1) is 0 Å². The first-order chi connectivity index (χ1) is 10.2. The van der Waals surface area contributed by atoms with Gasteiger partial charge >= 0.3 is 0 Å². The van der Waals surface area contributed by atoms with Crippen molar-refractivity contribution in [3.63, 3.8) is 0 Å². The lowest BCUT2D eigenvalue weighted by Crippen LogP contribution is -2.27. The summed E-state index contributed by atoms with van der Waals surface area (Å²) in [6, 6.07) is 10.6. The van der Waals surface area contributed by atoms with Crippen molar-refractivity contribution >= 4 is 17.7 Å². The normalized spacial score (nSPS) is 18.5. The van der Waals surface area contributed by atoms with Gasteiger partial charge in [0.25, 0.3) is 0 Å². The van der Waals surface area contributed by atoms with Crippen LogP contribution in [0.3, 0.4) is 0 Å². The number of aryl methyl sites for hydroxylation is 1. The third-order valence-corrected chi connectivity index (χ3v) is 5.22. The molecular formula is C17H20N2OS. The number of carbonyl (C=O) groups excluding carboxylic acids is 1. The molecule has 0 bridgehead atoms. The van der Waals surface area contributed by atoms with Crippen LogP contribution < -0.4 is 0 Å². The molecule has 0 N–H and O–H groups in total.